The lowest BCUT2D eigenvalue weighted by Crippen LogP contribution is -2.32. The summed E-state index contributed by atoms with van der Waals surface area (Å²) >= 11 is 9.53. The number of fused-ring (bicyclic) bond motifs is 3. The zero-order valence-corrected chi connectivity index (χ0v) is 43.1. The zero-order chi connectivity index (χ0) is 55.4. The normalized spacial score (nSPS) is 25.8. The zero-order valence-electron chi connectivity index (χ0n) is 41.6. The van der Waals surface area contributed by atoms with Crippen molar-refractivity contribution < 1.29 is 90.8 Å². The predicted octanol–water partition coefficient (Wildman–Crippen LogP) is 7.09. The second-order valence-corrected chi connectivity index (χ2v) is 17.6. The number of cyclic esters (lactones) is 2. The number of alkyl halides is 5. The van der Waals surface area contributed by atoms with Crippen molar-refractivity contribution in [3.8, 4) is 11.5 Å². The number of nitrogens with one attached hydrogen (secondary N) is 1. The Morgan fingerprint density at radius 3 is 1.92 bits per heavy atom. The van der Waals surface area contributed by atoms with Crippen LogP contribution in [0.1, 0.15) is 86.2 Å². The van der Waals surface area contributed by atoms with Crippen LogP contribution in [0.4, 0.5) is 24.5 Å². The molecule has 0 bridgehead atoms. The van der Waals surface area contributed by atoms with Crippen LogP contribution >= 0.6 is 23.2 Å². The summed E-state index contributed by atoms with van der Waals surface area (Å²) in [6.07, 6.45) is 3.25. The van der Waals surface area contributed by atoms with Crippen molar-refractivity contribution in [2.45, 2.75) is 103 Å². The highest BCUT2D eigenvalue weighted by Crippen LogP contribution is 2.35. The number of anilines is 2. The second kappa shape index (κ2) is 29.8. The van der Waals surface area contributed by atoms with Crippen LogP contribution in [-0.4, -0.2) is 145 Å². The fourth-order valence-corrected chi connectivity index (χ4v) is 6.64. The third kappa shape index (κ3) is 19.9. The fraction of sp³-hybridized carbons (Fsp3) is 0.469. The number of aliphatic hydroxyl groups excluding tert-OH is 2. The third-order valence-electron chi connectivity index (χ3n) is 10.9. The van der Waals surface area contributed by atoms with Gasteiger partial charge in [0.05, 0.1) is 17.5 Å². The molecule has 1 fully saturated rings. The molecule has 0 spiro atoms. The highest BCUT2D eigenvalue weighted by atomic mass is 35.5. The van der Waals surface area contributed by atoms with Crippen LogP contribution in [0, 0.1) is 11.8 Å². The summed E-state index contributed by atoms with van der Waals surface area (Å²) in [6.45, 7) is 10.5. The average Bonchev–Trinajstić information content (AvgIpc) is 3.64. The Hall–Kier alpha value is -5.75. The summed E-state index contributed by atoms with van der Waals surface area (Å²) in [7, 11) is 6.21. The molecule has 0 aliphatic carbocycles. The number of ketones is 2. The van der Waals surface area contributed by atoms with Gasteiger partial charge in [0.2, 0.25) is 0 Å². The van der Waals surface area contributed by atoms with Crippen molar-refractivity contribution in [2.24, 2.45) is 11.8 Å². The number of aliphatic carboxylic acids is 1. The number of methoxy groups -OCH3 is 1. The van der Waals surface area contributed by atoms with E-state index in [-0.39, 0.29) is 58.8 Å². The van der Waals surface area contributed by atoms with Crippen LogP contribution in [-0.2, 0) is 42.9 Å². The van der Waals surface area contributed by atoms with Gasteiger partial charge < -0.3 is 63.8 Å². The minimum Gasteiger partial charge on any atom is -0.507 e. The Labute approximate surface area is 431 Å². The molecule has 24 heteroatoms. The SMILES string of the molecule is CNc1cc(O)c2c(c1)/C=C/CC(O)C(O)C(=O)/C=C\C(C)C(C)OC2=O.COCOc1cc(N(C)[B]C=O)cc2c1C(=O)OC(C)C(C)/C=C\C(=O)C1OC(C)(C)OC1C/C=C/2.ClCCl.O=C(O)C(F)(F)F. The molecule has 8 atom stereocenters. The Morgan fingerprint density at radius 2 is 1.40 bits per heavy atom. The van der Waals surface area contributed by atoms with E-state index < -0.39 is 72.3 Å². The van der Waals surface area contributed by atoms with Gasteiger partial charge in [-0.2, -0.15) is 13.2 Å². The number of rotatable bonds is 7. The summed E-state index contributed by atoms with van der Waals surface area (Å²) in [6, 6.07) is 6.48. The summed E-state index contributed by atoms with van der Waals surface area (Å²) in [4.78, 5) is 72.4. The van der Waals surface area contributed by atoms with Gasteiger partial charge in [-0.25, -0.2) is 14.4 Å². The molecule has 5 rings (SSSR count). The molecule has 2 aromatic rings. The Morgan fingerprint density at radius 1 is 0.877 bits per heavy atom. The minimum absolute atomic E-state index is 0.00820. The lowest BCUT2D eigenvalue weighted by atomic mass is 9.93. The number of aromatic hydroxyl groups is 1. The van der Waals surface area contributed by atoms with Gasteiger partial charge in [-0.3, -0.25) is 9.59 Å². The molecule has 18 nitrogen and oxygen atoms in total. The van der Waals surface area contributed by atoms with Crippen molar-refractivity contribution in [2.75, 3.05) is 43.5 Å². The van der Waals surface area contributed by atoms with Crippen LogP contribution in [0.15, 0.2) is 60.7 Å². The predicted molar refractivity (Wildman–Crippen MR) is 267 cm³/mol. The fourth-order valence-electron chi connectivity index (χ4n) is 6.64. The van der Waals surface area contributed by atoms with E-state index in [2.05, 4.69) is 5.32 Å². The van der Waals surface area contributed by atoms with Gasteiger partial charge in [0.25, 0.3) is 0 Å². The Kier molecular flexibility index (Phi) is 25.9. The van der Waals surface area contributed by atoms with E-state index in [9.17, 15) is 52.5 Å². The van der Waals surface area contributed by atoms with E-state index in [1.807, 2.05) is 13.0 Å². The number of hydrogen-bond acceptors (Lipinski definition) is 17. The molecule has 3 heterocycles. The largest absolute Gasteiger partial charge is 0.507 e. The van der Waals surface area contributed by atoms with E-state index in [1.54, 1.807) is 83.9 Å². The Balaban J connectivity index is 0.000000433. The number of phenolic OH excluding ortho intramolecular Hbond substituents is 1. The van der Waals surface area contributed by atoms with Gasteiger partial charge in [0.15, 0.2) is 24.1 Å². The number of nitrogens with zero attached hydrogens (tertiary/aromatic N) is 1. The number of halogens is 5. The summed E-state index contributed by atoms with van der Waals surface area (Å²) in [5, 5.41) is 40.5. The van der Waals surface area contributed by atoms with Crippen LogP contribution in [0.3, 0.4) is 0 Å². The van der Waals surface area contributed by atoms with Gasteiger partial charge in [-0.05, 0) is 83.0 Å². The highest BCUT2D eigenvalue weighted by Gasteiger charge is 2.44. The maximum atomic E-state index is 13.4. The standard InChI is InChI=1S/C26H33BNO8.C20H25NO6.C2HF3O2.CH2Cl2/c1-16-10-11-20(30)24-21(35-26(3,4)36-24)9-7-8-18-12-19(28(5)27-14-29)13-22(33-15-32-6)23(18)25(31)34-17(16)2;1-11-7-8-16(23)19(25)15(22)6-4-5-13-9-14(21-3)10-17(24)18(13)20(26)27-12(11)2;3-2(4,5)1(6)7;2-1-3/h7-8,10-14,16-17,21,24H,9,15H2,1-6H3;4-5,7-12,15,19,21-22,24-25H,6H2,1-3H3;(H,6,7);1H2/b8-7+,11-10-;5-4+,8-7-;;. The average molecular weight is 1070 g/mol. The van der Waals surface area contributed by atoms with Gasteiger partial charge in [-0.1, -0.05) is 50.3 Å². The number of hydrogen-bond donors (Lipinski definition) is 5. The van der Waals surface area contributed by atoms with Crippen molar-refractivity contribution in [1.82, 2.24) is 0 Å². The molecule has 0 aromatic heterocycles. The molecule has 0 amide bonds. The summed E-state index contributed by atoms with van der Waals surface area (Å²) < 4.78 is 65.6. The maximum Gasteiger partial charge on any atom is 0.490 e. The van der Waals surface area contributed by atoms with Crippen molar-refractivity contribution in [3.05, 3.63) is 83.0 Å². The molecule has 3 aliphatic rings. The van der Waals surface area contributed by atoms with Crippen molar-refractivity contribution in [3.63, 3.8) is 0 Å². The topological polar surface area (TPSA) is 254 Å². The van der Waals surface area contributed by atoms with Crippen LogP contribution in [0.5, 0.6) is 11.5 Å². The molecule has 401 valence electrons. The second-order valence-electron chi connectivity index (χ2n) is 16.8. The molecule has 3 aliphatic heterocycles. The summed E-state index contributed by atoms with van der Waals surface area (Å²) in [5.74, 6) is -6.29. The first-order valence-electron chi connectivity index (χ1n) is 22.3. The minimum atomic E-state index is -5.08. The lowest BCUT2D eigenvalue weighted by molar-refractivity contribution is -0.192. The van der Waals surface area contributed by atoms with E-state index >= 15 is 0 Å². The molecule has 1 saturated heterocycles. The highest BCUT2D eigenvalue weighted by molar-refractivity contribution is 6.70. The first-order valence-corrected chi connectivity index (χ1v) is 23.4. The molecule has 5 N–H and O–H groups in total. The molecule has 1 radical (unpaired) electrons. The first-order chi connectivity index (χ1) is 34.2. The first kappa shape index (κ1) is 63.4. The van der Waals surface area contributed by atoms with Gasteiger partial charge in [-0.15, -0.1) is 23.2 Å². The molecule has 73 heavy (non-hydrogen) atoms. The maximum absolute atomic E-state index is 13.4. The number of phenols is 1. The van der Waals surface area contributed by atoms with Crippen molar-refractivity contribution in [1.29, 1.82) is 0 Å². The number of carbonyl (C=O) groups excluding carboxylic acids is 5. The number of ether oxygens (including phenoxy) is 6. The molecular formula is C49H61BCl2F3N2O16. The van der Waals surface area contributed by atoms with E-state index in [1.165, 1.54) is 51.0 Å². The number of esters is 2. The number of carbonyl (C=O) groups is 6. The number of benzene rings is 2. The van der Waals surface area contributed by atoms with Crippen molar-refractivity contribution >= 4 is 89.8 Å². The van der Waals surface area contributed by atoms with Gasteiger partial charge in [0, 0.05) is 49.5 Å². The van der Waals surface area contributed by atoms with Gasteiger partial charge >= 0.3 is 31.5 Å². The van der Waals surface area contributed by atoms with Crippen LogP contribution < -0.4 is 14.9 Å². The lowest BCUT2D eigenvalue weighted by Gasteiger charge is -2.23. The number of carboxylic acids is 1. The molecule has 2 aromatic carbocycles. The Bertz CT molecular complexity index is 2350. The van der Waals surface area contributed by atoms with E-state index in [0.29, 0.717) is 35.1 Å². The monoisotopic (exact) mass is 1070 g/mol. The number of aliphatic hydroxyl groups is 2. The van der Waals surface area contributed by atoms with E-state index in [4.69, 9.17) is 61.5 Å². The van der Waals surface area contributed by atoms with E-state index in [0.717, 1.165) is 0 Å². The number of carboxylic acid groups (broad SMARTS) is 1. The van der Waals surface area contributed by atoms with Crippen LogP contribution in [0.2, 0.25) is 0 Å². The molecule has 8 unspecified atom stereocenters. The smallest absolute Gasteiger partial charge is 0.490 e. The quantitative estimate of drug-likeness (QED) is 0.0610. The van der Waals surface area contributed by atoms with Gasteiger partial charge in [0.1, 0.15) is 53.2 Å². The summed E-state index contributed by atoms with van der Waals surface area (Å²) in [5.41, 5.74) is 2.35. The van der Waals surface area contributed by atoms with Crippen LogP contribution in [0.25, 0.3) is 12.2 Å². The molecule has 0 saturated carbocycles. The third-order valence-corrected chi connectivity index (χ3v) is 10.9. The molecular weight excluding hydrogens is 1010 g/mol.